The summed E-state index contributed by atoms with van der Waals surface area (Å²) in [6, 6.07) is 11.0. The van der Waals surface area contributed by atoms with Crippen molar-refractivity contribution in [2.45, 2.75) is 6.54 Å². The second-order valence-corrected chi connectivity index (χ2v) is 4.86. The largest absolute Gasteiger partial charge is 0.497 e. The van der Waals surface area contributed by atoms with E-state index in [0.29, 0.717) is 5.75 Å². The van der Waals surface area contributed by atoms with Gasteiger partial charge in [-0.1, -0.05) is 23.7 Å². The Kier molecular flexibility index (Phi) is 4.95. The first-order valence-corrected chi connectivity index (χ1v) is 6.74. The molecule has 6 nitrogen and oxygen atoms in total. The highest BCUT2D eigenvalue weighted by Gasteiger charge is 2.15. The highest BCUT2D eigenvalue weighted by Crippen LogP contribution is 2.22. The van der Waals surface area contributed by atoms with E-state index in [-0.39, 0.29) is 22.8 Å². The third-order valence-electron chi connectivity index (χ3n) is 2.99. The van der Waals surface area contributed by atoms with Crippen LogP contribution in [0.2, 0.25) is 5.02 Å². The number of ether oxygens (including phenoxy) is 1. The first-order chi connectivity index (χ1) is 10.5. The van der Waals surface area contributed by atoms with Crippen molar-refractivity contribution in [2.24, 2.45) is 0 Å². The van der Waals surface area contributed by atoms with Crippen molar-refractivity contribution in [3.05, 3.63) is 68.7 Å². The van der Waals surface area contributed by atoms with Crippen LogP contribution in [-0.2, 0) is 6.54 Å². The molecule has 22 heavy (non-hydrogen) atoms. The molecular weight excluding hydrogens is 308 g/mol. The zero-order chi connectivity index (χ0) is 16.1. The van der Waals surface area contributed by atoms with E-state index in [4.69, 9.17) is 16.3 Å². The number of carbonyl (C=O) groups is 1. The van der Waals surface area contributed by atoms with Gasteiger partial charge in [-0.15, -0.1) is 0 Å². The number of benzene rings is 2. The molecule has 0 spiro atoms. The fourth-order valence-electron chi connectivity index (χ4n) is 1.86. The normalized spacial score (nSPS) is 10.1. The molecule has 0 aliphatic carbocycles. The van der Waals surface area contributed by atoms with Crippen molar-refractivity contribution in [3.63, 3.8) is 0 Å². The third kappa shape index (κ3) is 3.73. The summed E-state index contributed by atoms with van der Waals surface area (Å²) in [6.07, 6.45) is 0. The van der Waals surface area contributed by atoms with Gasteiger partial charge in [-0.3, -0.25) is 14.9 Å². The Labute approximate surface area is 131 Å². The van der Waals surface area contributed by atoms with Gasteiger partial charge in [0.1, 0.15) is 5.75 Å². The Morgan fingerprint density at radius 2 is 2.09 bits per heavy atom. The van der Waals surface area contributed by atoms with E-state index in [2.05, 4.69) is 5.32 Å². The van der Waals surface area contributed by atoms with E-state index in [1.54, 1.807) is 25.3 Å². The van der Waals surface area contributed by atoms with E-state index in [1.165, 1.54) is 12.1 Å². The van der Waals surface area contributed by atoms with E-state index < -0.39 is 10.8 Å². The molecule has 7 heteroatoms. The Morgan fingerprint density at radius 1 is 1.32 bits per heavy atom. The van der Waals surface area contributed by atoms with Crippen LogP contribution in [0.4, 0.5) is 5.69 Å². The quantitative estimate of drug-likeness (QED) is 0.677. The van der Waals surface area contributed by atoms with E-state index >= 15 is 0 Å². The SMILES string of the molecule is COc1cccc(CNC(=O)c2cc([N+](=O)[O-])ccc2Cl)c1. The van der Waals surface area contributed by atoms with Crippen LogP contribution in [0.25, 0.3) is 0 Å². The summed E-state index contributed by atoms with van der Waals surface area (Å²) in [5.74, 6) is 0.205. The lowest BCUT2D eigenvalue weighted by molar-refractivity contribution is -0.384. The molecule has 2 aromatic carbocycles. The van der Waals surface area contributed by atoms with Crippen LogP contribution in [0.5, 0.6) is 5.75 Å². The number of amides is 1. The van der Waals surface area contributed by atoms with Gasteiger partial charge in [0, 0.05) is 18.7 Å². The molecule has 1 N–H and O–H groups in total. The lowest BCUT2D eigenvalue weighted by Crippen LogP contribution is -2.23. The second-order valence-electron chi connectivity index (χ2n) is 4.46. The number of hydrogen-bond acceptors (Lipinski definition) is 4. The number of methoxy groups -OCH3 is 1. The molecule has 0 atom stereocenters. The summed E-state index contributed by atoms with van der Waals surface area (Å²) in [4.78, 5) is 22.3. The Morgan fingerprint density at radius 3 is 2.77 bits per heavy atom. The number of nitro benzene ring substituents is 1. The van der Waals surface area contributed by atoms with Gasteiger partial charge in [-0.2, -0.15) is 0 Å². The number of halogens is 1. The zero-order valence-electron chi connectivity index (χ0n) is 11.7. The van der Waals surface area contributed by atoms with Gasteiger partial charge in [0.2, 0.25) is 0 Å². The molecule has 0 saturated heterocycles. The molecule has 1 amide bonds. The van der Waals surface area contributed by atoms with Crippen molar-refractivity contribution in [1.29, 1.82) is 0 Å². The molecule has 114 valence electrons. The minimum atomic E-state index is -0.574. The van der Waals surface area contributed by atoms with Gasteiger partial charge >= 0.3 is 0 Å². The molecule has 0 aliphatic rings. The van der Waals surface area contributed by atoms with Crippen LogP contribution in [-0.4, -0.2) is 17.9 Å². The molecule has 2 rings (SSSR count). The number of non-ortho nitro benzene ring substituents is 1. The standard InChI is InChI=1S/C15H13ClN2O4/c1-22-12-4-2-3-10(7-12)9-17-15(19)13-8-11(18(20)21)5-6-14(13)16/h2-8H,9H2,1H3,(H,17,19). The number of carbonyl (C=O) groups excluding carboxylic acids is 1. The van der Waals surface area contributed by atoms with Crippen molar-refractivity contribution in [3.8, 4) is 5.75 Å². The Balaban J connectivity index is 2.12. The summed E-state index contributed by atoms with van der Waals surface area (Å²) < 4.78 is 5.10. The highest BCUT2D eigenvalue weighted by atomic mass is 35.5. The summed E-state index contributed by atoms with van der Waals surface area (Å²) in [7, 11) is 1.56. The molecule has 0 bridgehead atoms. The van der Waals surface area contributed by atoms with Crippen LogP contribution in [0.15, 0.2) is 42.5 Å². The van der Waals surface area contributed by atoms with Gasteiger partial charge in [-0.05, 0) is 23.8 Å². The molecule has 0 fully saturated rings. The second kappa shape index (κ2) is 6.91. The maximum atomic E-state index is 12.1. The number of rotatable bonds is 5. The van der Waals surface area contributed by atoms with Crippen molar-refractivity contribution in [1.82, 2.24) is 5.32 Å². The summed E-state index contributed by atoms with van der Waals surface area (Å²) in [5, 5.41) is 13.6. The topological polar surface area (TPSA) is 81.5 Å². The summed E-state index contributed by atoms with van der Waals surface area (Å²) >= 11 is 5.92. The first kappa shape index (κ1) is 15.8. The molecule has 2 aromatic rings. The smallest absolute Gasteiger partial charge is 0.270 e. The van der Waals surface area contributed by atoms with Gasteiger partial charge in [-0.25, -0.2) is 0 Å². The number of nitrogens with one attached hydrogen (secondary N) is 1. The summed E-state index contributed by atoms with van der Waals surface area (Å²) in [5.41, 5.74) is 0.726. The van der Waals surface area contributed by atoms with Crippen LogP contribution in [0, 0.1) is 10.1 Å². The van der Waals surface area contributed by atoms with Gasteiger partial charge in [0.15, 0.2) is 0 Å². The van der Waals surface area contributed by atoms with Crippen LogP contribution < -0.4 is 10.1 Å². The maximum absolute atomic E-state index is 12.1. The van der Waals surface area contributed by atoms with Crippen molar-refractivity contribution < 1.29 is 14.5 Å². The first-order valence-electron chi connectivity index (χ1n) is 6.36. The van der Waals surface area contributed by atoms with E-state index in [9.17, 15) is 14.9 Å². The fraction of sp³-hybridized carbons (Fsp3) is 0.133. The van der Waals surface area contributed by atoms with Crippen molar-refractivity contribution in [2.75, 3.05) is 7.11 Å². The van der Waals surface area contributed by atoms with Gasteiger partial charge in [0.05, 0.1) is 22.6 Å². The molecule has 0 aromatic heterocycles. The minimum absolute atomic E-state index is 0.0683. The molecule has 0 saturated carbocycles. The Hall–Kier alpha value is -2.60. The highest BCUT2D eigenvalue weighted by molar-refractivity contribution is 6.33. The average Bonchev–Trinajstić information content (AvgIpc) is 2.53. The third-order valence-corrected chi connectivity index (χ3v) is 3.32. The predicted molar refractivity (Wildman–Crippen MR) is 82.3 cm³/mol. The average molecular weight is 321 g/mol. The van der Waals surface area contributed by atoms with Crippen LogP contribution in [0.1, 0.15) is 15.9 Å². The van der Waals surface area contributed by atoms with E-state index in [1.807, 2.05) is 6.07 Å². The molecule has 0 heterocycles. The summed E-state index contributed by atoms with van der Waals surface area (Å²) in [6.45, 7) is 0.259. The lowest BCUT2D eigenvalue weighted by Gasteiger charge is -2.08. The number of nitrogens with zero attached hydrogens (tertiary/aromatic N) is 1. The molecule has 0 radical (unpaired) electrons. The van der Waals surface area contributed by atoms with Crippen molar-refractivity contribution >= 4 is 23.2 Å². The zero-order valence-corrected chi connectivity index (χ0v) is 12.5. The fourth-order valence-corrected chi connectivity index (χ4v) is 2.06. The van der Waals surface area contributed by atoms with Gasteiger partial charge < -0.3 is 10.1 Å². The minimum Gasteiger partial charge on any atom is -0.497 e. The Bertz CT molecular complexity index is 718. The predicted octanol–water partition coefficient (Wildman–Crippen LogP) is 3.19. The monoisotopic (exact) mass is 320 g/mol. The van der Waals surface area contributed by atoms with Crippen LogP contribution >= 0.6 is 11.6 Å². The van der Waals surface area contributed by atoms with E-state index in [0.717, 1.165) is 11.6 Å². The lowest BCUT2D eigenvalue weighted by atomic mass is 10.1. The van der Waals surface area contributed by atoms with Crippen LogP contribution in [0.3, 0.4) is 0 Å². The molecular formula is C15H13ClN2O4. The number of hydrogen-bond donors (Lipinski definition) is 1. The van der Waals surface area contributed by atoms with Gasteiger partial charge in [0.25, 0.3) is 11.6 Å². The number of nitro groups is 1. The maximum Gasteiger partial charge on any atom is 0.270 e. The molecule has 0 unspecified atom stereocenters. The molecule has 0 aliphatic heterocycles.